The third-order valence-electron chi connectivity index (χ3n) is 6.67. The van der Waals surface area contributed by atoms with Crippen molar-refractivity contribution >= 4 is 23.0 Å². The molecule has 4 fully saturated rings. The maximum atomic E-state index is 5.79. The number of methoxy groups -OCH3 is 2. The van der Waals surface area contributed by atoms with Gasteiger partial charge in [0.05, 0.1) is 19.9 Å². The van der Waals surface area contributed by atoms with Gasteiger partial charge in [0.2, 0.25) is 0 Å². The predicted molar refractivity (Wildman–Crippen MR) is 104 cm³/mol. The van der Waals surface area contributed by atoms with Crippen molar-refractivity contribution < 1.29 is 9.47 Å². The number of rotatable bonds is 4. The van der Waals surface area contributed by atoms with E-state index < -0.39 is 0 Å². The van der Waals surface area contributed by atoms with Gasteiger partial charge in [-0.3, -0.25) is 0 Å². The lowest BCUT2D eigenvalue weighted by Gasteiger charge is -2.60. The average Bonchev–Trinajstić information content (AvgIpc) is 2.60. The quantitative estimate of drug-likeness (QED) is 0.810. The lowest BCUT2D eigenvalue weighted by Crippen LogP contribution is -2.60. The molecular weight excluding hydrogens is 332 g/mol. The molecule has 0 saturated heterocycles. The van der Waals surface area contributed by atoms with Gasteiger partial charge in [0.25, 0.3) is 0 Å². The molecule has 4 bridgehead atoms. The smallest absolute Gasteiger partial charge is 0.173 e. The highest BCUT2D eigenvalue weighted by Gasteiger charge is 2.53. The molecule has 1 aromatic carbocycles. The third-order valence-corrected chi connectivity index (χ3v) is 7.05. The first kappa shape index (κ1) is 17.0. The Bertz CT molecular complexity index is 640. The lowest BCUT2D eigenvalue weighted by atomic mass is 9.52. The zero-order valence-electron chi connectivity index (χ0n) is 15.4. The Balaban J connectivity index is 1.52. The van der Waals surface area contributed by atoms with E-state index >= 15 is 0 Å². The van der Waals surface area contributed by atoms with Gasteiger partial charge in [-0.15, -0.1) is 0 Å². The van der Waals surface area contributed by atoms with Gasteiger partial charge in [-0.1, -0.05) is 0 Å². The number of anilines is 1. The van der Waals surface area contributed by atoms with E-state index in [1.165, 1.54) is 38.5 Å². The zero-order chi connectivity index (χ0) is 17.6. The fourth-order valence-electron chi connectivity index (χ4n) is 5.79. The Morgan fingerprint density at radius 2 is 1.68 bits per heavy atom. The summed E-state index contributed by atoms with van der Waals surface area (Å²) >= 11 is 5.79. The minimum absolute atomic E-state index is 0.262. The highest BCUT2D eigenvalue weighted by atomic mass is 32.1. The molecule has 0 aliphatic heterocycles. The molecule has 4 aliphatic rings. The number of hydrogen-bond acceptors (Lipinski definition) is 3. The first-order chi connectivity index (χ1) is 12.0. The van der Waals surface area contributed by atoms with Crippen molar-refractivity contribution in [3.63, 3.8) is 0 Å². The predicted octanol–water partition coefficient (Wildman–Crippen LogP) is 4.30. The van der Waals surface area contributed by atoms with Crippen LogP contribution in [0.5, 0.6) is 11.5 Å². The second-order valence-corrected chi connectivity index (χ2v) is 8.58. The molecule has 1 aromatic rings. The van der Waals surface area contributed by atoms with Crippen LogP contribution in [0.1, 0.15) is 38.5 Å². The molecule has 4 nitrogen and oxygen atoms in total. The maximum Gasteiger partial charge on any atom is 0.173 e. The zero-order valence-corrected chi connectivity index (χ0v) is 16.2. The number of hydrogen-bond donors (Lipinski definition) is 1. The van der Waals surface area contributed by atoms with E-state index in [1.807, 2.05) is 18.2 Å². The van der Waals surface area contributed by atoms with Crippen LogP contribution in [-0.2, 0) is 0 Å². The van der Waals surface area contributed by atoms with Crippen LogP contribution < -0.4 is 14.8 Å². The Morgan fingerprint density at radius 3 is 2.20 bits per heavy atom. The van der Waals surface area contributed by atoms with Crippen LogP contribution in [0.2, 0.25) is 0 Å². The van der Waals surface area contributed by atoms with Crippen molar-refractivity contribution in [3.8, 4) is 11.5 Å². The molecule has 1 N–H and O–H groups in total. The largest absolute Gasteiger partial charge is 0.497 e. The summed E-state index contributed by atoms with van der Waals surface area (Å²) in [5.41, 5.74) is 1.16. The molecule has 4 aliphatic carbocycles. The van der Waals surface area contributed by atoms with Crippen LogP contribution in [0.4, 0.5) is 5.69 Å². The summed E-state index contributed by atoms with van der Waals surface area (Å²) in [6, 6.07) is 5.78. The fourth-order valence-corrected chi connectivity index (χ4v) is 6.10. The highest BCUT2D eigenvalue weighted by Crippen LogP contribution is 2.57. The van der Waals surface area contributed by atoms with Gasteiger partial charge >= 0.3 is 0 Å². The summed E-state index contributed by atoms with van der Waals surface area (Å²) < 4.78 is 10.8. The standard InChI is InChI=1S/C20H28N2O2S/c1-22(20-10-13-6-14(11-20)8-15(7-13)12-20)19(25)21-17-5-4-16(23-2)9-18(17)24-3/h4-5,9,13-15H,6-8,10-12H2,1-3H3,(H,21,25). The molecule has 0 radical (unpaired) electrons. The SMILES string of the molecule is COc1ccc(NC(=S)N(C)C23CC4CC(CC(C4)C2)C3)c(OC)c1. The number of nitrogens with zero attached hydrogens (tertiary/aromatic N) is 1. The summed E-state index contributed by atoms with van der Waals surface area (Å²) in [6.07, 6.45) is 8.24. The van der Waals surface area contributed by atoms with Crippen LogP contribution in [-0.4, -0.2) is 36.8 Å². The maximum absolute atomic E-state index is 5.79. The molecule has 0 amide bonds. The lowest BCUT2D eigenvalue weighted by molar-refractivity contribution is -0.0538. The van der Waals surface area contributed by atoms with Crippen molar-refractivity contribution in [1.29, 1.82) is 0 Å². The molecule has 0 atom stereocenters. The fraction of sp³-hybridized carbons (Fsp3) is 0.650. The minimum atomic E-state index is 0.262. The van der Waals surface area contributed by atoms with E-state index in [4.69, 9.17) is 21.7 Å². The molecule has 4 saturated carbocycles. The van der Waals surface area contributed by atoms with Crippen molar-refractivity contribution in [2.24, 2.45) is 17.8 Å². The van der Waals surface area contributed by atoms with Crippen molar-refractivity contribution in [1.82, 2.24) is 4.90 Å². The van der Waals surface area contributed by atoms with Crippen molar-refractivity contribution in [2.75, 3.05) is 26.6 Å². The summed E-state index contributed by atoms with van der Waals surface area (Å²) in [6.45, 7) is 0. The molecular formula is C20H28N2O2S. The summed E-state index contributed by atoms with van der Waals surface area (Å²) in [5, 5.41) is 4.21. The molecule has 0 aromatic heterocycles. The van der Waals surface area contributed by atoms with Crippen LogP contribution in [0.3, 0.4) is 0 Å². The van der Waals surface area contributed by atoms with E-state index in [0.717, 1.165) is 40.1 Å². The molecule has 136 valence electrons. The molecule has 0 heterocycles. The number of thiocarbonyl (C=S) groups is 1. The van der Waals surface area contributed by atoms with Gasteiger partial charge in [-0.2, -0.15) is 0 Å². The number of ether oxygens (including phenoxy) is 2. The van der Waals surface area contributed by atoms with Crippen molar-refractivity contribution in [3.05, 3.63) is 18.2 Å². The van der Waals surface area contributed by atoms with E-state index in [9.17, 15) is 0 Å². The van der Waals surface area contributed by atoms with Crippen LogP contribution in [0, 0.1) is 17.8 Å². The second kappa shape index (κ2) is 6.35. The highest BCUT2D eigenvalue weighted by molar-refractivity contribution is 7.80. The van der Waals surface area contributed by atoms with Crippen molar-refractivity contribution in [2.45, 2.75) is 44.1 Å². The molecule has 0 unspecified atom stereocenters. The average molecular weight is 361 g/mol. The van der Waals surface area contributed by atoms with Gasteiger partial charge in [0.1, 0.15) is 11.5 Å². The molecule has 25 heavy (non-hydrogen) atoms. The second-order valence-electron chi connectivity index (χ2n) is 8.20. The topological polar surface area (TPSA) is 33.7 Å². The third kappa shape index (κ3) is 2.97. The molecule has 5 rings (SSSR count). The Kier molecular flexibility index (Phi) is 4.30. The molecule has 5 heteroatoms. The summed E-state index contributed by atoms with van der Waals surface area (Å²) in [7, 11) is 5.51. The minimum Gasteiger partial charge on any atom is -0.497 e. The number of nitrogens with one attached hydrogen (secondary N) is 1. The summed E-state index contributed by atoms with van der Waals surface area (Å²) in [4.78, 5) is 2.36. The van der Waals surface area contributed by atoms with Crippen LogP contribution in [0.15, 0.2) is 18.2 Å². The monoisotopic (exact) mass is 360 g/mol. The Labute approximate surface area is 155 Å². The van der Waals surface area contributed by atoms with Gasteiger partial charge in [-0.05, 0) is 80.6 Å². The van der Waals surface area contributed by atoms with Crippen LogP contribution >= 0.6 is 12.2 Å². The first-order valence-electron chi connectivity index (χ1n) is 9.30. The van der Waals surface area contributed by atoms with E-state index in [1.54, 1.807) is 14.2 Å². The van der Waals surface area contributed by atoms with Gasteiger partial charge in [0, 0.05) is 18.7 Å². The van der Waals surface area contributed by atoms with E-state index in [0.29, 0.717) is 0 Å². The summed E-state index contributed by atoms with van der Waals surface area (Å²) in [5.74, 6) is 4.26. The first-order valence-corrected chi connectivity index (χ1v) is 9.70. The van der Waals surface area contributed by atoms with Crippen LogP contribution in [0.25, 0.3) is 0 Å². The van der Waals surface area contributed by atoms with Gasteiger partial charge < -0.3 is 19.7 Å². The number of benzene rings is 1. The Morgan fingerprint density at radius 1 is 1.08 bits per heavy atom. The van der Waals surface area contributed by atoms with Gasteiger partial charge in [0.15, 0.2) is 5.11 Å². The Hall–Kier alpha value is -1.49. The van der Waals surface area contributed by atoms with E-state index in [-0.39, 0.29) is 5.54 Å². The van der Waals surface area contributed by atoms with E-state index in [2.05, 4.69) is 17.3 Å². The van der Waals surface area contributed by atoms with Gasteiger partial charge in [-0.25, -0.2) is 0 Å². The normalized spacial score (nSPS) is 32.4. The molecule has 0 spiro atoms.